The maximum absolute atomic E-state index is 4.25. The third-order valence-electron chi connectivity index (χ3n) is 1.86. The van der Waals surface area contributed by atoms with E-state index in [2.05, 4.69) is 22.2 Å². The van der Waals surface area contributed by atoms with E-state index in [0.29, 0.717) is 0 Å². The molecule has 1 N–H and O–H groups in total. The van der Waals surface area contributed by atoms with Gasteiger partial charge in [-0.2, -0.15) is 0 Å². The minimum absolute atomic E-state index is 0.820. The van der Waals surface area contributed by atoms with Crippen molar-refractivity contribution in [2.24, 2.45) is 0 Å². The lowest BCUT2D eigenvalue weighted by molar-refractivity contribution is 0.742. The average Bonchev–Trinajstić information content (AvgIpc) is 2.13. The van der Waals surface area contributed by atoms with E-state index in [1.165, 1.54) is 19.3 Å². The molecule has 0 radical (unpaired) electrons. The predicted molar refractivity (Wildman–Crippen MR) is 54.8 cm³/mol. The first-order valence-electron chi connectivity index (χ1n) is 4.86. The van der Waals surface area contributed by atoms with E-state index < -0.39 is 0 Å². The molecular weight excluding hydrogens is 162 g/mol. The summed E-state index contributed by atoms with van der Waals surface area (Å²) in [4.78, 5) is 8.28. The summed E-state index contributed by atoms with van der Waals surface area (Å²) < 4.78 is 0. The second-order valence-corrected chi connectivity index (χ2v) is 3.12. The van der Waals surface area contributed by atoms with Crippen LogP contribution in [0.4, 0.5) is 5.82 Å². The number of aryl methyl sites for hydroxylation is 1. The first-order valence-corrected chi connectivity index (χ1v) is 4.86. The molecule has 0 atom stereocenters. The Hall–Kier alpha value is -1.12. The molecule has 1 aromatic heterocycles. The van der Waals surface area contributed by atoms with E-state index in [-0.39, 0.29) is 0 Å². The SMILES string of the molecule is CCCCCNc1ccnc(C)n1. The minimum atomic E-state index is 0.820. The number of nitrogens with one attached hydrogen (secondary N) is 1. The molecule has 0 fully saturated rings. The van der Waals surface area contributed by atoms with Gasteiger partial charge in [0, 0.05) is 12.7 Å². The van der Waals surface area contributed by atoms with Crippen LogP contribution in [0.1, 0.15) is 32.0 Å². The van der Waals surface area contributed by atoms with E-state index in [1.807, 2.05) is 13.0 Å². The smallest absolute Gasteiger partial charge is 0.129 e. The quantitative estimate of drug-likeness (QED) is 0.705. The Kier molecular flexibility index (Phi) is 4.23. The first-order chi connectivity index (χ1) is 6.33. The molecule has 1 heterocycles. The van der Waals surface area contributed by atoms with Gasteiger partial charge in [-0.1, -0.05) is 19.8 Å². The van der Waals surface area contributed by atoms with Gasteiger partial charge in [-0.15, -0.1) is 0 Å². The van der Waals surface area contributed by atoms with Crippen molar-refractivity contribution in [1.29, 1.82) is 0 Å². The highest BCUT2D eigenvalue weighted by Crippen LogP contribution is 2.02. The fourth-order valence-electron chi connectivity index (χ4n) is 1.15. The largest absolute Gasteiger partial charge is 0.370 e. The van der Waals surface area contributed by atoms with Gasteiger partial charge in [0.2, 0.25) is 0 Å². The summed E-state index contributed by atoms with van der Waals surface area (Å²) in [6.07, 6.45) is 5.52. The number of anilines is 1. The summed E-state index contributed by atoms with van der Waals surface area (Å²) in [5.41, 5.74) is 0. The van der Waals surface area contributed by atoms with E-state index in [4.69, 9.17) is 0 Å². The molecule has 0 amide bonds. The molecule has 0 aliphatic carbocycles. The Morgan fingerprint density at radius 2 is 2.23 bits per heavy atom. The maximum Gasteiger partial charge on any atom is 0.129 e. The highest BCUT2D eigenvalue weighted by Gasteiger charge is 1.93. The summed E-state index contributed by atoms with van der Waals surface area (Å²) in [6.45, 7) is 5.11. The molecule has 3 heteroatoms. The van der Waals surface area contributed by atoms with Crippen molar-refractivity contribution in [2.75, 3.05) is 11.9 Å². The zero-order valence-electron chi connectivity index (χ0n) is 8.38. The van der Waals surface area contributed by atoms with Crippen LogP contribution >= 0.6 is 0 Å². The highest BCUT2D eigenvalue weighted by atomic mass is 15.0. The molecule has 0 bridgehead atoms. The Balaban J connectivity index is 2.28. The fraction of sp³-hybridized carbons (Fsp3) is 0.600. The predicted octanol–water partition coefficient (Wildman–Crippen LogP) is 2.39. The summed E-state index contributed by atoms with van der Waals surface area (Å²) >= 11 is 0. The number of rotatable bonds is 5. The van der Waals surface area contributed by atoms with Gasteiger partial charge in [0.1, 0.15) is 11.6 Å². The van der Waals surface area contributed by atoms with Gasteiger partial charge in [-0.3, -0.25) is 0 Å². The molecule has 0 aromatic carbocycles. The molecule has 0 aliphatic rings. The van der Waals surface area contributed by atoms with Gasteiger partial charge in [0.05, 0.1) is 0 Å². The van der Waals surface area contributed by atoms with Crippen molar-refractivity contribution in [3.05, 3.63) is 18.1 Å². The Morgan fingerprint density at radius 3 is 2.92 bits per heavy atom. The minimum Gasteiger partial charge on any atom is -0.370 e. The topological polar surface area (TPSA) is 37.8 Å². The zero-order valence-corrected chi connectivity index (χ0v) is 8.38. The lowest BCUT2D eigenvalue weighted by Crippen LogP contribution is -2.04. The van der Waals surface area contributed by atoms with Crippen molar-refractivity contribution in [3.8, 4) is 0 Å². The van der Waals surface area contributed by atoms with Crippen LogP contribution in [0.2, 0.25) is 0 Å². The Bertz CT molecular complexity index is 248. The number of aromatic nitrogens is 2. The van der Waals surface area contributed by atoms with E-state index in [1.54, 1.807) is 6.20 Å². The second-order valence-electron chi connectivity index (χ2n) is 3.12. The molecule has 0 spiro atoms. The number of unbranched alkanes of at least 4 members (excludes halogenated alkanes) is 2. The summed E-state index contributed by atoms with van der Waals surface area (Å²) in [5.74, 6) is 1.75. The molecule has 13 heavy (non-hydrogen) atoms. The fourth-order valence-corrected chi connectivity index (χ4v) is 1.15. The first kappa shape index (κ1) is 9.96. The van der Waals surface area contributed by atoms with E-state index in [0.717, 1.165) is 18.2 Å². The van der Waals surface area contributed by atoms with E-state index >= 15 is 0 Å². The standard InChI is InChI=1S/C10H17N3/c1-3-4-5-7-12-10-6-8-11-9(2)13-10/h6,8H,3-5,7H2,1-2H3,(H,11,12,13). The molecule has 0 saturated carbocycles. The average molecular weight is 179 g/mol. The van der Waals surface area contributed by atoms with Crippen LogP contribution in [0.15, 0.2) is 12.3 Å². The molecule has 0 saturated heterocycles. The van der Waals surface area contributed by atoms with Gasteiger partial charge in [-0.05, 0) is 19.4 Å². The number of hydrogen-bond donors (Lipinski definition) is 1. The normalized spacial score (nSPS) is 10.0. The lowest BCUT2D eigenvalue weighted by Gasteiger charge is -2.04. The third kappa shape index (κ3) is 3.87. The Labute approximate surface area is 79.6 Å². The Morgan fingerprint density at radius 1 is 1.38 bits per heavy atom. The van der Waals surface area contributed by atoms with Crippen LogP contribution < -0.4 is 5.32 Å². The zero-order chi connectivity index (χ0) is 9.52. The summed E-state index contributed by atoms with van der Waals surface area (Å²) in [5, 5.41) is 3.27. The van der Waals surface area contributed by atoms with Gasteiger partial charge >= 0.3 is 0 Å². The number of hydrogen-bond acceptors (Lipinski definition) is 3. The van der Waals surface area contributed by atoms with Gasteiger partial charge < -0.3 is 5.32 Å². The van der Waals surface area contributed by atoms with Gasteiger partial charge in [-0.25, -0.2) is 9.97 Å². The van der Waals surface area contributed by atoms with Crippen LogP contribution in [0.25, 0.3) is 0 Å². The van der Waals surface area contributed by atoms with Crippen molar-refractivity contribution in [3.63, 3.8) is 0 Å². The van der Waals surface area contributed by atoms with Gasteiger partial charge in [0.15, 0.2) is 0 Å². The van der Waals surface area contributed by atoms with Crippen LogP contribution in [0.5, 0.6) is 0 Å². The summed E-state index contributed by atoms with van der Waals surface area (Å²) in [6, 6.07) is 1.90. The van der Waals surface area contributed by atoms with Crippen LogP contribution in [-0.4, -0.2) is 16.5 Å². The molecule has 0 unspecified atom stereocenters. The van der Waals surface area contributed by atoms with Crippen LogP contribution in [-0.2, 0) is 0 Å². The van der Waals surface area contributed by atoms with Crippen LogP contribution in [0, 0.1) is 6.92 Å². The summed E-state index contributed by atoms with van der Waals surface area (Å²) in [7, 11) is 0. The van der Waals surface area contributed by atoms with Crippen molar-refractivity contribution in [1.82, 2.24) is 9.97 Å². The van der Waals surface area contributed by atoms with Crippen molar-refractivity contribution >= 4 is 5.82 Å². The molecule has 3 nitrogen and oxygen atoms in total. The highest BCUT2D eigenvalue weighted by molar-refractivity contribution is 5.32. The molecule has 0 aliphatic heterocycles. The second kappa shape index (κ2) is 5.51. The van der Waals surface area contributed by atoms with Crippen molar-refractivity contribution < 1.29 is 0 Å². The number of nitrogens with zero attached hydrogens (tertiary/aromatic N) is 2. The molecule has 1 aromatic rings. The molecule has 1 rings (SSSR count). The maximum atomic E-state index is 4.25. The molecular formula is C10H17N3. The van der Waals surface area contributed by atoms with E-state index in [9.17, 15) is 0 Å². The van der Waals surface area contributed by atoms with Crippen molar-refractivity contribution in [2.45, 2.75) is 33.1 Å². The lowest BCUT2D eigenvalue weighted by atomic mass is 10.2. The molecule has 72 valence electrons. The monoisotopic (exact) mass is 179 g/mol. The third-order valence-corrected chi connectivity index (χ3v) is 1.86. The van der Waals surface area contributed by atoms with Gasteiger partial charge in [0.25, 0.3) is 0 Å². The van der Waals surface area contributed by atoms with Crippen LogP contribution in [0.3, 0.4) is 0 Å².